The monoisotopic (exact) mass is 295 g/mol. The molecule has 2 aromatic rings. The first-order valence-corrected chi connectivity index (χ1v) is 8.46. The highest BCUT2D eigenvalue weighted by atomic mass is 32.2. The van der Waals surface area contributed by atoms with Gasteiger partial charge in [-0.15, -0.1) is 11.3 Å². The van der Waals surface area contributed by atoms with E-state index in [1.807, 2.05) is 49.6 Å². The van der Waals surface area contributed by atoms with Gasteiger partial charge in [0.1, 0.15) is 0 Å². The Labute approximate surface area is 120 Å². The first kappa shape index (κ1) is 14.2. The standard InChI is InChI=1S/C14H17NO2S2/c1-3-17-14-8-4-6-12(15-14)10-19(16)11(2)13-7-5-9-18-13/h4-9,11H,3,10H2,1-2H3/t11-,19+/m1/s1. The van der Waals surface area contributed by atoms with Gasteiger partial charge in [0, 0.05) is 21.7 Å². The summed E-state index contributed by atoms with van der Waals surface area (Å²) in [4.78, 5) is 5.51. The largest absolute Gasteiger partial charge is 0.478 e. The summed E-state index contributed by atoms with van der Waals surface area (Å²) in [6.45, 7) is 4.50. The first-order valence-electron chi connectivity index (χ1n) is 6.20. The molecule has 0 aliphatic rings. The van der Waals surface area contributed by atoms with Crippen molar-refractivity contribution in [1.29, 1.82) is 0 Å². The van der Waals surface area contributed by atoms with Gasteiger partial charge in [0.15, 0.2) is 0 Å². The zero-order chi connectivity index (χ0) is 13.7. The molecule has 0 amide bonds. The molecule has 0 unspecified atom stereocenters. The lowest BCUT2D eigenvalue weighted by Gasteiger charge is -2.10. The normalized spacial score (nSPS) is 14.0. The third-order valence-corrected chi connectivity index (χ3v) is 5.53. The van der Waals surface area contributed by atoms with Crippen molar-refractivity contribution < 1.29 is 8.95 Å². The molecule has 2 aromatic heterocycles. The zero-order valence-electron chi connectivity index (χ0n) is 11.0. The van der Waals surface area contributed by atoms with Gasteiger partial charge in [0.25, 0.3) is 0 Å². The van der Waals surface area contributed by atoms with Gasteiger partial charge < -0.3 is 4.74 Å². The van der Waals surface area contributed by atoms with Crippen molar-refractivity contribution in [3.05, 3.63) is 46.3 Å². The molecule has 102 valence electrons. The fraction of sp³-hybridized carbons (Fsp3) is 0.357. The predicted molar refractivity (Wildman–Crippen MR) is 80.0 cm³/mol. The highest BCUT2D eigenvalue weighted by Crippen LogP contribution is 2.25. The van der Waals surface area contributed by atoms with Crippen LogP contribution < -0.4 is 4.74 Å². The topological polar surface area (TPSA) is 39.2 Å². The van der Waals surface area contributed by atoms with E-state index in [4.69, 9.17) is 4.74 Å². The number of thiophene rings is 1. The Morgan fingerprint density at radius 1 is 1.37 bits per heavy atom. The van der Waals surface area contributed by atoms with E-state index in [0.717, 1.165) is 10.6 Å². The second-order valence-corrected chi connectivity index (χ2v) is 6.82. The Morgan fingerprint density at radius 2 is 2.21 bits per heavy atom. The van der Waals surface area contributed by atoms with Crippen LogP contribution in [-0.2, 0) is 16.6 Å². The van der Waals surface area contributed by atoms with Crippen molar-refractivity contribution in [1.82, 2.24) is 4.98 Å². The highest BCUT2D eigenvalue weighted by Gasteiger charge is 2.15. The van der Waals surface area contributed by atoms with E-state index in [-0.39, 0.29) is 5.25 Å². The summed E-state index contributed by atoms with van der Waals surface area (Å²) in [5.41, 5.74) is 0.813. The van der Waals surface area contributed by atoms with Gasteiger partial charge >= 0.3 is 0 Å². The maximum Gasteiger partial charge on any atom is 0.213 e. The van der Waals surface area contributed by atoms with Gasteiger partial charge in [0.05, 0.1) is 23.3 Å². The predicted octanol–water partition coefficient (Wildman–Crippen LogP) is 3.55. The summed E-state index contributed by atoms with van der Waals surface area (Å²) in [6.07, 6.45) is 0. The molecule has 5 heteroatoms. The fourth-order valence-corrected chi connectivity index (χ4v) is 3.88. The molecule has 0 N–H and O–H groups in total. The maximum absolute atomic E-state index is 12.3. The minimum atomic E-state index is -0.965. The molecule has 0 aliphatic heterocycles. The van der Waals surface area contributed by atoms with Crippen LogP contribution in [0.1, 0.15) is 29.7 Å². The lowest BCUT2D eigenvalue weighted by Crippen LogP contribution is -2.06. The lowest BCUT2D eigenvalue weighted by molar-refractivity contribution is 0.326. The van der Waals surface area contributed by atoms with Crippen molar-refractivity contribution in [2.24, 2.45) is 0 Å². The van der Waals surface area contributed by atoms with Crippen LogP contribution in [0.25, 0.3) is 0 Å². The smallest absolute Gasteiger partial charge is 0.213 e. The Balaban J connectivity index is 2.04. The number of ether oxygens (including phenoxy) is 1. The molecule has 0 bridgehead atoms. The van der Waals surface area contributed by atoms with Crippen molar-refractivity contribution in [2.75, 3.05) is 6.61 Å². The van der Waals surface area contributed by atoms with Crippen LogP contribution in [0.3, 0.4) is 0 Å². The number of nitrogens with zero attached hydrogens (tertiary/aromatic N) is 1. The van der Waals surface area contributed by atoms with E-state index in [1.165, 1.54) is 0 Å². The zero-order valence-corrected chi connectivity index (χ0v) is 12.7. The Bertz CT molecular complexity index is 540. The number of hydrogen-bond acceptors (Lipinski definition) is 4. The van der Waals surface area contributed by atoms with Gasteiger partial charge in [-0.1, -0.05) is 12.1 Å². The molecule has 19 heavy (non-hydrogen) atoms. The fourth-order valence-electron chi connectivity index (χ4n) is 1.69. The molecule has 2 atom stereocenters. The quantitative estimate of drug-likeness (QED) is 0.818. The summed E-state index contributed by atoms with van der Waals surface area (Å²) in [5.74, 6) is 1.06. The Hall–Kier alpha value is -1.20. The third-order valence-electron chi connectivity index (χ3n) is 2.70. The number of pyridine rings is 1. The van der Waals surface area contributed by atoms with Gasteiger partial charge in [0.2, 0.25) is 5.88 Å². The number of aromatic nitrogens is 1. The van der Waals surface area contributed by atoms with Crippen molar-refractivity contribution in [2.45, 2.75) is 24.9 Å². The summed E-state index contributed by atoms with van der Waals surface area (Å²) in [7, 11) is -0.965. The van der Waals surface area contributed by atoms with Crippen molar-refractivity contribution in [3.63, 3.8) is 0 Å². The molecule has 0 aliphatic carbocycles. The van der Waals surface area contributed by atoms with Crippen LogP contribution in [0.5, 0.6) is 5.88 Å². The second-order valence-electron chi connectivity index (χ2n) is 4.08. The average molecular weight is 295 g/mol. The van der Waals surface area contributed by atoms with E-state index >= 15 is 0 Å². The molecular weight excluding hydrogens is 278 g/mol. The maximum atomic E-state index is 12.3. The van der Waals surface area contributed by atoms with E-state index in [9.17, 15) is 4.21 Å². The van der Waals surface area contributed by atoms with E-state index in [2.05, 4.69) is 4.98 Å². The average Bonchev–Trinajstić information content (AvgIpc) is 2.92. The molecule has 2 heterocycles. The van der Waals surface area contributed by atoms with Crippen LogP contribution in [0.15, 0.2) is 35.7 Å². The van der Waals surface area contributed by atoms with E-state index < -0.39 is 10.8 Å². The molecule has 0 spiro atoms. The van der Waals surface area contributed by atoms with Crippen LogP contribution in [0.2, 0.25) is 0 Å². The molecule has 0 aromatic carbocycles. The number of hydrogen-bond donors (Lipinski definition) is 0. The second kappa shape index (κ2) is 6.82. The SMILES string of the molecule is CCOc1cccc(C[S@](=O)[C@H](C)c2cccs2)n1. The first-order chi connectivity index (χ1) is 9.20. The molecule has 3 nitrogen and oxygen atoms in total. The summed E-state index contributed by atoms with van der Waals surface area (Å²) >= 11 is 1.64. The minimum Gasteiger partial charge on any atom is -0.478 e. The molecular formula is C14H17NO2S2. The van der Waals surface area contributed by atoms with Crippen LogP contribution in [0.4, 0.5) is 0 Å². The van der Waals surface area contributed by atoms with Crippen LogP contribution >= 0.6 is 11.3 Å². The van der Waals surface area contributed by atoms with Gasteiger partial charge in [-0.2, -0.15) is 0 Å². The molecule has 0 fully saturated rings. The van der Waals surface area contributed by atoms with Crippen molar-refractivity contribution in [3.8, 4) is 5.88 Å². The summed E-state index contributed by atoms with van der Waals surface area (Å²) in [6, 6.07) is 9.61. The Kier molecular flexibility index (Phi) is 5.10. The van der Waals surface area contributed by atoms with E-state index in [0.29, 0.717) is 18.2 Å². The van der Waals surface area contributed by atoms with Crippen LogP contribution in [-0.4, -0.2) is 15.8 Å². The van der Waals surface area contributed by atoms with Crippen LogP contribution in [0, 0.1) is 0 Å². The van der Waals surface area contributed by atoms with Gasteiger partial charge in [-0.05, 0) is 31.4 Å². The third kappa shape index (κ3) is 3.88. The molecule has 0 saturated carbocycles. The Morgan fingerprint density at radius 3 is 2.89 bits per heavy atom. The molecule has 2 rings (SSSR count). The molecule has 0 saturated heterocycles. The van der Waals surface area contributed by atoms with Gasteiger partial charge in [-0.25, -0.2) is 4.98 Å². The van der Waals surface area contributed by atoms with Crippen molar-refractivity contribution >= 4 is 22.1 Å². The van der Waals surface area contributed by atoms with Gasteiger partial charge in [-0.3, -0.25) is 4.21 Å². The minimum absolute atomic E-state index is 0.0394. The highest BCUT2D eigenvalue weighted by molar-refractivity contribution is 7.84. The van der Waals surface area contributed by atoms with E-state index in [1.54, 1.807) is 11.3 Å². The summed E-state index contributed by atoms with van der Waals surface area (Å²) in [5, 5.41) is 2.05. The molecule has 0 radical (unpaired) electrons. The lowest BCUT2D eigenvalue weighted by atomic mass is 10.4. The summed E-state index contributed by atoms with van der Waals surface area (Å²) < 4.78 is 17.7. The number of rotatable bonds is 6.